The fourth-order valence-corrected chi connectivity index (χ4v) is 3.75. The van der Waals surface area contributed by atoms with Crippen LogP contribution in [0.3, 0.4) is 0 Å². The van der Waals surface area contributed by atoms with Gasteiger partial charge < -0.3 is 10.2 Å². The fourth-order valence-electron chi connectivity index (χ4n) is 3.75. The van der Waals surface area contributed by atoms with Gasteiger partial charge in [0.1, 0.15) is 11.6 Å². The highest BCUT2D eigenvalue weighted by molar-refractivity contribution is 5.79. The monoisotopic (exact) mass is 354 g/mol. The SMILES string of the molecule is O=C(NCC1(c2ccc(F)cc2)CC1)C1CCN(c2cnccn2)CC1. The standard InChI is InChI=1S/C20H23FN4O/c21-17-3-1-16(2-4-17)20(7-8-20)14-24-19(26)15-5-11-25(12-6-15)18-13-22-9-10-23-18/h1-4,9-10,13,15H,5-8,11-12,14H2,(H,24,26). The number of hydrogen-bond acceptors (Lipinski definition) is 4. The molecular weight excluding hydrogens is 331 g/mol. The summed E-state index contributed by atoms with van der Waals surface area (Å²) in [5.41, 5.74) is 1.13. The molecule has 6 heteroatoms. The van der Waals surface area contributed by atoms with E-state index in [4.69, 9.17) is 0 Å². The molecule has 0 unspecified atom stereocenters. The van der Waals surface area contributed by atoms with Gasteiger partial charge in [-0.2, -0.15) is 0 Å². The number of amides is 1. The molecule has 4 rings (SSSR count). The zero-order chi connectivity index (χ0) is 18.0. The van der Waals surface area contributed by atoms with E-state index in [1.165, 1.54) is 12.1 Å². The van der Waals surface area contributed by atoms with Crippen molar-refractivity contribution in [3.8, 4) is 0 Å². The van der Waals surface area contributed by atoms with E-state index in [1.54, 1.807) is 18.6 Å². The van der Waals surface area contributed by atoms with Crippen molar-refractivity contribution in [2.45, 2.75) is 31.1 Å². The zero-order valence-electron chi connectivity index (χ0n) is 14.7. The molecule has 1 aromatic heterocycles. The number of nitrogens with one attached hydrogen (secondary N) is 1. The number of anilines is 1. The lowest BCUT2D eigenvalue weighted by Crippen LogP contribution is -2.42. The van der Waals surface area contributed by atoms with Gasteiger partial charge in [-0.25, -0.2) is 9.37 Å². The maximum Gasteiger partial charge on any atom is 0.223 e. The number of rotatable bonds is 5. The molecule has 0 atom stereocenters. The van der Waals surface area contributed by atoms with Gasteiger partial charge in [0.15, 0.2) is 0 Å². The number of piperidine rings is 1. The fraction of sp³-hybridized carbons (Fsp3) is 0.450. The molecule has 0 bridgehead atoms. The maximum atomic E-state index is 13.1. The number of carbonyl (C=O) groups is 1. The maximum absolute atomic E-state index is 13.1. The molecule has 0 spiro atoms. The first kappa shape index (κ1) is 16.9. The first-order valence-electron chi connectivity index (χ1n) is 9.21. The van der Waals surface area contributed by atoms with Crippen molar-refractivity contribution in [2.75, 3.05) is 24.5 Å². The van der Waals surface area contributed by atoms with Crippen LogP contribution in [0.4, 0.5) is 10.2 Å². The van der Waals surface area contributed by atoms with Crippen LogP contribution >= 0.6 is 0 Å². The van der Waals surface area contributed by atoms with E-state index >= 15 is 0 Å². The van der Waals surface area contributed by atoms with E-state index in [0.29, 0.717) is 6.54 Å². The third-order valence-electron chi connectivity index (χ3n) is 5.65. The molecule has 26 heavy (non-hydrogen) atoms. The molecule has 2 fully saturated rings. The summed E-state index contributed by atoms with van der Waals surface area (Å²) in [5.74, 6) is 0.840. The molecular formula is C20H23FN4O. The van der Waals surface area contributed by atoms with Crippen molar-refractivity contribution >= 4 is 11.7 Å². The Labute approximate surface area is 152 Å². The molecule has 1 aliphatic heterocycles. The van der Waals surface area contributed by atoms with Gasteiger partial charge >= 0.3 is 0 Å². The summed E-state index contributed by atoms with van der Waals surface area (Å²) >= 11 is 0. The Hall–Kier alpha value is -2.50. The second-order valence-electron chi connectivity index (χ2n) is 7.33. The predicted octanol–water partition coefficient (Wildman–Crippen LogP) is 2.68. The molecule has 0 radical (unpaired) electrons. The van der Waals surface area contributed by atoms with Gasteiger partial charge in [-0.1, -0.05) is 12.1 Å². The van der Waals surface area contributed by atoms with Gasteiger partial charge in [0.05, 0.1) is 6.20 Å². The van der Waals surface area contributed by atoms with Crippen molar-refractivity contribution in [3.05, 3.63) is 54.2 Å². The molecule has 1 amide bonds. The zero-order valence-corrected chi connectivity index (χ0v) is 14.7. The number of carbonyl (C=O) groups excluding carboxylic acids is 1. The normalized spacial score (nSPS) is 19.2. The largest absolute Gasteiger partial charge is 0.355 e. The quantitative estimate of drug-likeness (QED) is 0.897. The molecule has 5 nitrogen and oxygen atoms in total. The van der Waals surface area contributed by atoms with Crippen molar-refractivity contribution < 1.29 is 9.18 Å². The molecule has 2 aromatic rings. The van der Waals surface area contributed by atoms with Crippen molar-refractivity contribution in [1.29, 1.82) is 0 Å². The van der Waals surface area contributed by atoms with Crippen LogP contribution in [0.15, 0.2) is 42.9 Å². The van der Waals surface area contributed by atoms with Gasteiger partial charge in [-0.05, 0) is 43.4 Å². The minimum absolute atomic E-state index is 0.00366. The Morgan fingerprint density at radius 2 is 1.92 bits per heavy atom. The van der Waals surface area contributed by atoms with Crippen LogP contribution in [0.1, 0.15) is 31.2 Å². The van der Waals surface area contributed by atoms with E-state index < -0.39 is 0 Å². The predicted molar refractivity (Wildman–Crippen MR) is 97.3 cm³/mol. The third-order valence-corrected chi connectivity index (χ3v) is 5.65. The molecule has 1 saturated carbocycles. The van der Waals surface area contributed by atoms with E-state index in [0.717, 1.165) is 50.2 Å². The number of aromatic nitrogens is 2. The topological polar surface area (TPSA) is 58.1 Å². The summed E-state index contributed by atoms with van der Waals surface area (Å²) < 4.78 is 13.1. The Bertz CT molecular complexity index is 753. The molecule has 1 N–H and O–H groups in total. The van der Waals surface area contributed by atoms with Gasteiger partial charge in [-0.15, -0.1) is 0 Å². The summed E-state index contributed by atoms with van der Waals surface area (Å²) in [6.07, 6.45) is 8.86. The second-order valence-corrected chi connectivity index (χ2v) is 7.33. The Morgan fingerprint density at radius 1 is 1.19 bits per heavy atom. The molecule has 2 heterocycles. The van der Waals surface area contributed by atoms with Crippen LogP contribution < -0.4 is 10.2 Å². The third kappa shape index (κ3) is 3.54. The van der Waals surface area contributed by atoms with Crippen LogP contribution in [0.25, 0.3) is 0 Å². The van der Waals surface area contributed by atoms with Crippen molar-refractivity contribution in [2.24, 2.45) is 5.92 Å². The van der Waals surface area contributed by atoms with Gasteiger partial charge in [0, 0.05) is 43.4 Å². The summed E-state index contributed by atoms with van der Waals surface area (Å²) in [7, 11) is 0. The summed E-state index contributed by atoms with van der Waals surface area (Å²) in [4.78, 5) is 23.2. The van der Waals surface area contributed by atoms with Crippen LogP contribution in [0, 0.1) is 11.7 Å². The van der Waals surface area contributed by atoms with E-state index in [9.17, 15) is 9.18 Å². The van der Waals surface area contributed by atoms with Gasteiger partial charge in [0.2, 0.25) is 5.91 Å². The van der Waals surface area contributed by atoms with Gasteiger partial charge in [0.25, 0.3) is 0 Å². The summed E-state index contributed by atoms with van der Waals surface area (Å²) in [6, 6.07) is 6.68. The molecule has 136 valence electrons. The first-order chi connectivity index (χ1) is 12.7. The van der Waals surface area contributed by atoms with Crippen LogP contribution in [-0.4, -0.2) is 35.5 Å². The summed E-state index contributed by atoms with van der Waals surface area (Å²) in [6.45, 7) is 2.28. The minimum Gasteiger partial charge on any atom is -0.355 e. The highest BCUT2D eigenvalue weighted by Crippen LogP contribution is 2.47. The lowest BCUT2D eigenvalue weighted by molar-refractivity contribution is -0.125. The van der Waals surface area contributed by atoms with Gasteiger partial charge in [-0.3, -0.25) is 9.78 Å². The van der Waals surface area contributed by atoms with E-state index in [1.807, 2.05) is 12.1 Å². The first-order valence-corrected chi connectivity index (χ1v) is 9.21. The molecule has 1 aromatic carbocycles. The molecule has 2 aliphatic rings. The van der Waals surface area contributed by atoms with E-state index in [2.05, 4.69) is 20.2 Å². The Morgan fingerprint density at radius 3 is 2.54 bits per heavy atom. The highest BCUT2D eigenvalue weighted by atomic mass is 19.1. The summed E-state index contributed by atoms with van der Waals surface area (Å²) in [5, 5.41) is 3.14. The van der Waals surface area contributed by atoms with Crippen LogP contribution in [0.2, 0.25) is 0 Å². The van der Waals surface area contributed by atoms with Crippen molar-refractivity contribution in [1.82, 2.24) is 15.3 Å². The number of benzene rings is 1. The van der Waals surface area contributed by atoms with Crippen LogP contribution in [0.5, 0.6) is 0 Å². The highest BCUT2D eigenvalue weighted by Gasteiger charge is 2.44. The molecule has 1 saturated heterocycles. The van der Waals surface area contributed by atoms with Crippen LogP contribution in [-0.2, 0) is 10.2 Å². The van der Waals surface area contributed by atoms with E-state index in [-0.39, 0.29) is 23.1 Å². The Kier molecular flexibility index (Phi) is 4.57. The second kappa shape index (κ2) is 7.02. The smallest absolute Gasteiger partial charge is 0.223 e. The molecule has 1 aliphatic carbocycles. The minimum atomic E-state index is -0.219. The number of halogens is 1. The lowest BCUT2D eigenvalue weighted by atomic mass is 9.93. The number of hydrogen-bond donors (Lipinski definition) is 1. The average Bonchev–Trinajstić information content (AvgIpc) is 3.49. The lowest BCUT2D eigenvalue weighted by Gasteiger charge is -2.32. The van der Waals surface area contributed by atoms with Crippen molar-refractivity contribution in [3.63, 3.8) is 0 Å². The number of nitrogens with zero attached hydrogens (tertiary/aromatic N) is 3. The Balaban J connectivity index is 1.29. The average molecular weight is 354 g/mol.